The van der Waals surface area contributed by atoms with Crippen molar-refractivity contribution in [3.63, 3.8) is 0 Å². The Hall–Kier alpha value is -2.25. The van der Waals surface area contributed by atoms with Gasteiger partial charge in [0.2, 0.25) is 0 Å². The normalized spacial score (nSPS) is 12.1. The molecule has 0 radical (unpaired) electrons. The van der Waals surface area contributed by atoms with E-state index in [1.807, 2.05) is 5.43 Å². The third kappa shape index (κ3) is 5.28. The smallest absolute Gasteiger partial charge is 0.425 e. The summed E-state index contributed by atoms with van der Waals surface area (Å²) in [5.41, 5.74) is 2.03. The molecule has 1 aromatic rings. The van der Waals surface area contributed by atoms with Crippen LogP contribution in [0.25, 0.3) is 0 Å². The molecule has 1 aromatic carbocycles. The number of rotatable bonds is 4. The maximum absolute atomic E-state index is 12.3. The Morgan fingerprint density at radius 2 is 1.89 bits per heavy atom. The zero-order chi connectivity index (χ0) is 14.5. The SMILES string of the molecule is C/C(CNc1ccc(C(F)(F)F)cc1)=N\NC(=O)O. The first-order chi connectivity index (χ1) is 8.79. The van der Waals surface area contributed by atoms with Gasteiger partial charge in [0.25, 0.3) is 0 Å². The van der Waals surface area contributed by atoms with Gasteiger partial charge in [0, 0.05) is 5.69 Å². The Morgan fingerprint density at radius 1 is 1.32 bits per heavy atom. The Balaban J connectivity index is 2.55. The van der Waals surface area contributed by atoms with Crippen LogP contribution in [0.3, 0.4) is 0 Å². The van der Waals surface area contributed by atoms with Gasteiger partial charge in [-0.05, 0) is 31.2 Å². The Kier molecular flexibility index (Phi) is 4.74. The predicted octanol–water partition coefficient (Wildman–Crippen LogP) is 2.76. The zero-order valence-corrected chi connectivity index (χ0v) is 9.95. The molecule has 0 heterocycles. The molecule has 0 aliphatic rings. The highest BCUT2D eigenvalue weighted by Crippen LogP contribution is 2.29. The molecular formula is C11H12F3N3O2. The summed E-state index contributed by atoms with van der Waals surface area (Å²) in [7, 11) is 0. The molecule has 0 aromatic heterocycles. The third-order valence-corrected chi connectivity index (χ3v) is 2.10. The van der Waals surface area contributed by atoms with E-state index >= 15 is 0 Å². The van der Waals surface area contributed by atoms with E-state index in [1.165, 1.54) is 12.1 Å². The Labute approximate surface area is 107 Å². The van der Waals surface area contributed by atoms with Crippen LogP contribution in [0.15, 0.2) is 29.4 Å². The number of carbonyl (C=O) groups is 1. The van der Waals surface area contributed by atoms with Crippen LogP contribution in [0.1, 0.15) is 12.5 Å². The third-order valence-electron chi connectivity index (χ3n) is 2.10. The molecule has 0 aliphatic carbocycles. The fourth-order valence-electron chi connectivity index (χ4n) is 1.19. The highest BCUT2D eigenvalue weighted by molar-refractivity contribution is 5.86. The van der Waals surface area contributed by atoms with E-state index in [9.17, 15) is 18.0 Å². The quantitative estimate of drug-likeness (QED) is 0.584. The van der Waals surface area contributed by atoms with Crippen LogP contribution in [0.4, 0.5) is 23.7 Å². The zero-order valence-electron chi connectivity index (χ0n) is 9.95. The van der Waals surface area contributed by atoms with E-state index in [-0.39, 0.29) is 6.54 Å². The van der Waals surface area contributed by atoms with Crippen LogP contribution in [0, 0.1) is 0 Å². The van der Waals surface area contributed by atoms with Crippen molar-refractivity contribution in [2.45, 2.75) is 13.1 Å². The molecule has 0 spiro atoms. The second-order valence-corrected chi connectivity index (χ2v) is 3.69. The molecule has 0 atom stereocenters. The molecule has 3 N–H and O–H groups in total. The number of carboxylic acid groups (broad SMARTS) is 1. The standard InChI is InChI=1S/C11H12F3N3O2/c1-7(16-17-10(18)19)6-15-9-4-2-8(3-5-9)11(12,13)14/h2-5,15,17H,6H2,1H3,(H,18,19)/b16-7+. The van der Waals surface area contributed by atoms with Gasteiger partial charge in [-0.2, -0.15) is 18.3 Å². The number of nitrogens with zero attached hydrogens (tertiary/aromatic N) is 1. The second-order valence-electron chi connectivity index (χ2n) is 3.69. The lowest BCUT2D eigenvalue weighted by Crippen LogP contribution is -2.19. The number of anilines is 1. The van der Waals surface area contributed by atoms with Crippen molar-refractivity contribution in [1.29, 1.82) is 0 Å². The van der Waals surface area contributed by atoms with Gasteiger partial charge < -0.3 is 10.4 Å². The van der Waals surface area contributed by atoms with Gasteiger partial charge in [-0.1, -0.05) is 0 Å². The van der Waals surface area contributed by atoms with Gasteiger partial charge in [-0.3, -0.25) is 0 Å². The van der Waals surface area contributed by atoms with E-state index in [2.05, 4.69) is 10.4 Å². The van der Waals surface area contributed by atoms with Crippen LogP contribution < -0.4 is 10.7 Å². The summed E-state index contributed by atoms with van der Waals surface area (Å²) in [5.74, 6) is 0. The van der Waals surface area contributed by atoms with E-state index in [0.29, 0.717) is 11.4 Å². The molecule has 19 heavy (non-hydrogen) atoms. The van der Waals surface area contributed by atoms with Gasteiger partial charge >= 0.3 is 12.3 Å². The average molecular weight is 275 g/mol. The monoisotopic (exact) mass is 275 g/mol. The lowest BCUT2D eigenvalue weighted by atomic mass is 10.2. The van der Waals surface area contributed by atoms with Gasteiger partial charge in [0.05, 0.1) is 17.8 Å². The number of hydrogen-bond donors (Lipinski definition) is 3. The number of alkyl halides is 3. The predicted molar refractivity (Wildman–Crippen MR) is 64.2 cm³/mol. The molecular weight excluding hydrogens is 263 g/mol. The van der Waals surface area contributed by atoms with Crippen molar-refractivity contribution in [3.05, 3.63) is 29.8 Å². The number of halogens is 3. The van der Waals surface area contributed by atoms with Gasteiger partial charge in [-0.25, -0.2) is 10.2 Å². The van der Waals surface area contributed by atoms with Crippen LogP contribution >= 0.6 is 0 Å². The number of amides is 1. The minimum atomic E-state index is -4.36. The maximum atomic E-state index is 12.3. The van der Waals surface area contributed by atoms with E-state index in [0.717, 1.165) is 12.1 Å². The van der Waals surface area contributed by atoms with Crippen molar-refractivity contribution in [3.8, 4) is 0 Å². The summed E-state index contributed by atoms with van der Waals surface area (Å²) in [5, 5.41) is 14.6. The molecule has 1 rings (SSSR count). The molecule has 8 heteroatoms. The second kappa shape index (κ2) is 6.07. The molecule has 1 amide bonds. The molecule has 5 nitrogen and oxygen atoms in total. The highest BCUT2D eigenvalue weighted by atomic mass is 19.4. The average Bonchev–Trinajstić information content (AvgIpc) is 2.33. The van der Waals surface area contributed by atoms with Gasteiger partial charge in [-0.15, -0.1) is 0 Å². The van der Waals surface area contributed by atoms with Gasteiger partial charge in [0.15, 0.2) is 0 Å². The molecule has 0 saturated carbocycles. The van der Waals surface area contributed by atoms with E-state index in [4.69, 9.17) is 5.11 Å². The van der Waals surface area contributed by atoms with Crippen LogP contribution in [0.2, 0.25) is 0 Å². The van der Waals surface area contributed by atoms with Crippen molar-refractivity contribution in [2.24, 2.45) is 5.10 Å². The number of nitrogens with one attached hydrogen (secondary N) is 2. The summed E-state index contributed by atoms with van der Waals surface area (Å²) >= 11 is 0. The van der Waals surface area contributed by atoms with Crippen LogP contribution in [-0.2, 0) is 6.18 Å². The number of hydrogen-bond acceptors (Lipinski definition) is 3. The summed E-state index contributed by atoms with van der Waals surface area (Å²) < 4.78 is 36.9. The summed E-state index contributed by atoms with van der Waals surface area (Å²) in [4.78, 5) is 10.2. The molecule has 0 bridgehead atoms. The first-order valence-corrected chi connectivity index (χ1v) is 5.22. The topological polar surface area (TPSA) is 73.7 Å². The highest BCUT2D eigenvalue weighted by Gasteiger charge is 2.29. The molecule has 0 unspecified atom stereocenters. The summed E-state index contributed by atoms with van der Waals surface area (Å²) in [6.45, 7) is 1.79. The first kappa shape index (κ1) is 14.8. The maximum Gasteiger partial charge on any atom is 0.425 e. The summed E-state index contributed by atoms with van der Waals surface area (Å²) in [6.07, 6.45) is -5.64. The van der Waals surface area contributed by atoms with Crippen molar-refractivity contribution < 1.29 is 23.1 Å². The molecule has 104 valence electrons. The minimum Gasteiger partial charge on any atom is -0.464 e. The fourth-order valence-corrected chi connectivity index (χ4v) is 1.19. The van der Waals surface area contributed by atoms with Crippen molar-refractivity contribution >= 4 is 17.5 Å². The molecule has 0 fully saturated rings. The van der Waals surface area contributed by atoms with Crippen LogP contribution in [-0.4, -0.2) is 23.5 Å². The number of hydrazone groups is 1. The Bertz CT molecular complexity index is 469. The molecule has 0 saturated heterocycles. The Morgan fingerprint density at radius 3 is 2.37 bits per heavy atom. The van der Waals surface area contributed by atoms with Crippen molar-refractivity contribution in [2.75, 3.05) is 11.9 Å². The van der Waals surface area contributed by atoms with Crippen molar-refractivity contribution in [1.82, 2.24) is 5.43 Å². The number of benzene rings is 1. The first-order valence-electron chi connectivity index (χ1n) is 5.22. The van der Waals surface area contributed by atoms with Gasteiger partial charge in [0.1, 0.15) is 0 Å². The largest absolute Gasteiger partial charge is 0.464 e. The fraction of sp³-hybridized carbons (Fsp3) is 0.273. The van der Waals surface area contributed by atoms with E-state index in [1.54, 1.807) is 6.92 Å². The minimum absolute atomic E-state index is 0.214. The van der Waals surface area contributed by atoms with Crippen LogP contribution in [0.5, 0.6) is 0 Å². The van der Waals surface area contributed by atoms with E-state index < -0.39 is 17.8 Å². The molecule has 0 aliphatic heterocycles. The summed E-state index contributed by atoms with van der Waals surface area (Å²) in [6, 6.07) is 4.51. The lowest BCUT2D eigenvalue weighted by molar-refractivity contribution is -0.137. The lowest BCUT2D eigenvalue weighted by Gasteiger charge is -2.09.